The number of phenolic OH excluding ortho intramolecular Hbond substituents is 1. The average molecular weight is 575 g/mol. The molecule has 14 heteroatoms. The summed E-state index contributed by atoms with van der Waals surface area (Å²) in [5.41, 5.74) is 18.4. The van der Waals surface area contributed by atoms with Gasteiger partial charge in [-0.3, -0.25) is 14.4 Å². The number of carboxylic acid groups (broad SMARTS) is 1. The SMILES string of the molecule is NCCCCC(NC(=O)C(Cc1ccc(O)cc1)NC(=O)C(CCCCN)NC(=O)C(N)Cc1cnc[nH]1)C(=O)O. The van der Waals surface area contributed by atoms with E-state index in [1.807, 2.05) is 0 Å². The van der Waals surface area contributed by atoms with Gasteiger partial charge in [0.25, 0.3) is 0 Å². The van der Waals surface area contributed by atoms with Gasteiger partial charge in [0.05, 0.1) is 12.4 Å². The molecule has 0 saturated heterocycles. The van der Waals surface area contributed by atoms with E-state index in [-0.39, 0.29) is 31.4 Å². The lowest BCUT2D eigenvalue weighted by atomic mass is 10.0. The van der Waals surface area contributed by atoms with Crippen molar-refractivity contribution in [1.29, 1.82) is 0 Å². The van der Waals surface area contributed by atoms with Gasteiger partial charge in [-0.05, 0) is 69.3 Å². The zero-order valence-electron chi connectivity index (χ0n) is 23.1. The molecule has 0 fully saturated rings. The Morgan fingerprint density at radius 3 is 1.93 bits per heavy atom. The Morgan fingerprint density at radius 2 is 1.37 bits per heavy atom. The summed E-state index contributed by atoms with van der Waals surface area (Å²) in [6, 6.07) is 1.74. The van der Waals surface area contributed by atoms with E-state index < -0.39 is 47.9 Å². The number of rotatable bonds is 19. The van der Waals surface area contributed by atoms with Crippen molar-refractivity contribution in [3.05, 3.63) is 48.0 Å². The van der Waals surface area contributed by atoms with Crippen molar-refractivity contribution < 1.29 is 29.4 Å². The number of benzene rings is 1. The molecule has 0 saturated carbocycles. The highest BCUT2D eigenvalue weighted by Crippen LogP contribution is 2.13. The number of carbonyl (C=O) groups is 4. The van der Waals surface area contributed by atoms with Crippen LogP contribution in [-0.4, -0.2) is 81.1 Å². The number of nitrogens with zero attached hydrogens (tertiary/aromatic N) is 1. The minimum absolute atomic E-state index is 0.00972. The number of phenols is 1. The number of hydrogen-bond donors (Lipinski definition) is 9. The van der Waals surface area contributed by atoms with Crippen LogP contribution in [0.1, 0.15) is 49.8 Å². The maximum atomic E-state index is 13.4. The average Bonchev–Trinajstić information content (AvgIpc) is 3.45. The Kier molecular flexibility index (Phi) is 14.3. The van der Waals surface area contributed by atoms with Gasteiger partial charge in [-0.1, -0.05) is 12.1 Å². The van der Waals surface area contributed by atoms with Crippen LogP contribution in [0, 0.1) is 0 Å². The predicted octanol–water partition coefficient (Wildman–Crippen LogP) is -0.975. The van der Waals surface area contributed by atoms with Crippen LogP contribution >= 0.6 is 0 Å². The molecule has 4 unspecified atom stereocenters. The van der Waals surface area contributed by atoms with E-state index in [9.17, 15) is 29.4 Å². The summed E-state index contributed by atoms with van der Waals surface area (Å²) in [5.74, 6) is -3.06. The Bertz CT molecular complexity index is 1100. The fourth-order valence-corrected chi connectivity index (χ4v) is 4.14. The molecular formula is C27H42N8O6. The van der Waals surface area contributed by atoms with Crippen molar-refractivity contribution in [3.8, 4) is 5.75 Å². The number of H-pyrrole nitrogens is 1. The van der Waals surface area contributed by atoms with Crippen molar-refractivity contribution in [2.45, 2.75) is 75.5 Å². The van der Waals surface area contributed by atoms with E-state index in [1.54, 1.807) is 18.3 Å². The van der Waals surface area contributed by atoms with E-state index in [1.165, 1.54) is 18.5 Å². The Labute approximate surface area is 238 Å². The molecule has 1 aromatic heterocycles. The summed E-state index contributed by atoms with van der Waals surface area (Å²) >= 11 is 0. The van der Waals surface area contributed by atoms with Crippen LogP contribution in [0.3, 0.4) is 0 Å². The fraction of sp³-hybridized carbons (Fsp3) is 0.519. The number of nitrogens with one attached hydrogen (secondary N) is 4. The minimum atomic E-state index is -1.21. The third-order valence-corrected chi connectivity index (χ3v) is 6.48. The summed E-state index contributed by atoms with van der Waals surface area (Å²) in [6.07, 6.45) is 5.85. The highest BCUT2D eigenvalue weighted by atomic mass is 16.4. The van der Waals surface area contributed by atoms with Crippen molar-refractivity contribution in [2.75, 3.05) is 13.1 Å². The molecule has 0 radical (unpaired) electrons. The molecule has 0 bridgehead atoms. The molecule has 12 N–H and O–H groups in total. The van der Waals surface area contributed by atoms with Crippen molar-refractivity contribution in [3.63, 3.8) is 0 Å². The normalized spacial score (nSPS) is 13.9. The van der Waals surface area contributed by atoms with Crippen LogP contribution in [-0.2, 0) is 32.0 Å². The number of aromatic nitrogens is 2. The van der Waals surface area contributed by atoms with Crippen LogP contribution in [0.2, 0.25) is 0 Å². The molecule has 41 heavy (non-hydrogen) atoms. The zero-order valence-corrected chi connectivity index (χ0v) is 23.1. The number of imidazole rings is 1. The molecule has 226 valence electrons. The first-order valence-corrected chi connectivity index (χ1v) is 13.7. The van der Waals surface area contributed by atoms with Crippen LogP contribution < -0.4 is 33.2 Å². The largest absolute Gasteiger partial charge is 0.508 e. The second-order valence-electron chi connectivity index (χ2n) is 9.85. The first kappa shape index (κ1) is 33.2. The van der Waals surface area contributed by atoms with E-state index in [4.69, 9.17) is 17.2 Å². The van der Waals surface area contributed by atoms with E-state index in [0.29, 0.717) is 50.0 Å². The highest BCUT2D eigenvalue weighted by molar-refractivity contribution is 5.94. The Hall–Kier alpha value is -4.01. The number of carboxylic acids is 1. The molecular weight excluding hydrogens is 532 g/mol. The maximum absolute atomic E-state index is 13.4. The monoisotopic (exact) mass is 574 g/mol. The Balaban J connectivity index is 2.20. The molecule has 1 aromatic carbocycles. The first-order valence-electron chi connectivity index (χ1n) is 13.7. The third kappa shape index (κ3) is 11.9. The van der Waals surface area contributed by atoms with Gasteiger partial charge in [0.1, 0.15) is 23.9 Å². The lowest BCUT2D eigenvalue weighted by molar-refractivity contribution is -0.142. The molecule has 14 nitrogen and oxygen atoms in total. The molecule has 1 heterocycles. The molecule has 2 rings (SSSR count). The summed E-state index contributed by atoms with van der Waals surface area (Å²) in [5, 5.41) is 27.1. The van der Waals surface area contributed by atoms with E-state index >= 15 is 0 Å². The quantitative estimate of drug-likeness (QED) is 0.0927. The van der Waals surface area contributed by atoms with E-state index in [0.717, 1.165) is 0 Å². The molecule has 0 aliphatic rings. The molecule has 3 amide bonds. The number of aromatic amines is 1. The smallest absolute Gasteiger partial charge is 0.326 e. The van der Waals surface area contributed by atoms with Crippen LogP contribution in [0.4, 0.5) is 0 Å². The van der Waals surface area contributed by atoms with Crippen molar-refractivity contribution >= 4 is 23.7 Å². The number of hydrogen-bond acceptors (Lipinski definition) is 9. The molecule has 0 aliphatic carbocycles. The van der Waals surface area contributed by atoms with Gasteiger partial charge in [-0.15, -0.1) is 0 Å². The summed E-state index contributed by atoms with van der Waals surface area (Å²) in [4.78, 5) is 58.1. The molecule has 0 aliphatic heterocycles. The summed E-state index contributed by atoms with van der Waals surface area (Å²) in [7, 11) is 0. The predicted molar refractivity (Wildman–Crippen MR) is 151 cm³/mol. The van der Waals surface area contributed by atoms with Crippen LogP contribution in [0.15, 0.2) is 36.8 Å². The number of nitrogens with two attached hydrogens (primary N) is 3. The zero-order chi connectivity index (χ0) is 30.2. The molecule has 0 spiro atoms. The van der Waals surface area contributed by atoms with Crippen LogP contribution in [0.25, 0.3) is 0 Å². The standard InChI is InChI=1S/C27H42N8O6/c28-11-3-1-5-21(33-24(37)20(30)14-18-15-31-16-32-18)25(38)35-23(13-17-7-9-19(36)10-8-17)26(39)34-22(27(40)41)6-2-4-12-29/h7-10,15-16,20-23,36H,1-6,11-14,28-30H2,(H,31,32)(H,33,37)(H,34,39)(H,35,38)(H,40,41). The highest BCUT2D eigenvalue weighted by Gasteiger charge is 2.30. The van der Waals surface area contributed by atoms with Gasteiger partial charge in [0.15, 0.2) is 0 Å². The van der Waals surface area contributed by atoms with Gasteiger partial charge < -0.3 is 48.3 Å². The van der Waals surface area contributed by atoms with Gasteiger partial charge in [0.2, 0.25) is 17.7 Å². The van der Waals surface area contributed by atoms with Gasteiger partial charge in [-0.25, -0.2) is 9.78 Å². The number of aliphatic carboxylic acids is 1. The number of amides is 3. The topological polar surface area (TPSA) is 252 Å². The van der Waals surface area contributed by atoms with Gasteiger partial charge >= 0.3 is 5.97 Å². The van der Waals surface area contributed by atoms with Gasteiger partial charge in [-0.2, -0.15) is 0 Å². The fourth-order valence-electron chi connectivity index (χ4n) is 4.14. The molecule has 2 aromatic rings. The van der Waals surface area contributed by atoms with Crippen molar-refractivity contribution in [1.82, 2.24) is 25.9 Å². The summed E-state index contributed by atoms with van der Waals surface area (Å²) in [6.45, 7) is 0.789. The van der Waals surface area contributed by atoms with Gasteiger partial charge in [0, 0.05) is 24.7 Å². The third-order valence-electron chi connectivity index (χ3n) is 6.48. The van der Waals surface area contributed by atoms with E-state index in [2.05, 4.69) is 25.9 Å². The second-order valence-corrected chi connectivity index (χ2v) is 9.85. The Morgan fingerprint density at radius 1 is 0.805 bits per heavy atom. The lowest BCUT2D eigenvalue weighted by Crippen LogP contribution is -2.57. The summed E-state index contributed by atoms with van der Waals surface area (Å²) < 4.78 is 0. The van der Waals surface area contributed by atoms with Crippen molar-refractivity contribution in [2.24, 2.45) is 17.2 Å². The number of carbonyl (C=O) groups excluding carboxylic acids is 3. The second kappa shape index (κ2) is 17.6. The minimum Gasteiger partial charge on any atom is -0.508 e. The maximum Gasteiger partial charge on any atom is 0.326 e. The number of aromatic hydroxyl groups is 1. The lowest BCUT2D eigenvalue weighted by Gasteiger charge is -2.25. The first-order chi connectivity index (χ1) is 19.6. The molecule has 4 atom stereocenters. The number of unbranched alkanes of at least 4 members (excludes halogenated alkanes) is 2. The van der Waals surface area contributed by atoms with Crippen LogP contribution in [0.5, 0.6) is 5.75 Å².